The third kappa shape index (κ3) is 5.53. The molecule has 224 valence electrons. The number of amides is 2. The van der Waals surface area contributed by atoms with Gasteiger partial charge in [0.15, 0.2) is 0 Å². The summed E-state index contributed by atoms with van der Waals surface area (Å²) >= 11 is 0. The first-order valence-electron chi connectivity index (χ1n) is 13.7. The Hall–Kier alpha value is -5.03. The molecule has 1 aromatic heterocycles. The molecule has 44 heavy (non-hydrogen) atoms. The molecule has 0 atom stereocenters. The molecule has 0 saturated heterocycles. The summed E-state index contributed by atoms with van der Waals surface area (Å²) in [6.07, 6.45) is 2.46. The Bertz CT molecular complexity index is 2040. The lowest BCUT2D eigenvalue weighted by Gasteiger charge is -2.19. The van der Waals surface area contributed by atoms with Crippen molar-refractivity contribution >= 4 is 38.5 Å². The maximum absolute atomic E-state index is 15.5. The van der Waals surface area contributed by atoms with Crippen LogP contribution in [0.4, 0.5) is 14.5 Å². The summed E-state index contributed by atoms with van der Waals surface area (Å²) in [6.45, 7) is 0. The summed E-state index contributed by atoms with van der Waals surface area (Å²) < 4.78 is 62.3. The van der Waals surface area contributed by atoms with Crippen molar-refractivity contribution in [2.45, 2.75) is 18.4 Å². The molecule has 0 radical (unpaired) electrons. The van der Waals surface area contributed by atoms with Crippen molar-refractivity contribution in [1.82, 2.24) is 10.6 Å². The highest BCUT2D eigenvalue weighted by molar-refractivity contribution is 7.92. The highest BCUT2D eigenvalue weighted by Gasteiger charge is 2.45. The van der Waals surface area contributed by atoms with Gasteiger partial charge < -0.3 is 15.1 Å². The van der Waals surface area contributed by atoms with Crippen molar-refractivity contribution in [2.75, 3.05) is 18.0 Å². The number of furan rings is 1. The summed E-state index contributed by atoms with van der Waals surface area (Å²) in [5, 5.41) is 5.89. The maximum Gasteiger partial charge on any atom is 0.255 e. The van der Waals surface area contributed by atoms with Crippen molar-refractivity contribution in [2.24, 2.45) is 0 Å². The van der Waals surface area contributed by atoms with Crippen LogP contribution in [0.25, 0.3) is 33.4 Å². The van der Waals surface area contributed by atoms with Crippen LogP contribution < -0.4 is 15.4 Å². The Morgan fingerprint density at radius 1 is 0.864 bits per heavy atom. The second-order valence-corrected chi connectivity index (χ2v) is 12.5. The number of carbonyl (C=O) groups excluding carboxylic acids is 2. The third-order valence-corrected chi connectivity index (χ3v) is 8.22. The van der Waals surface area contributed by atoms with Crippen LogP contribution in [-0.4, -0.2) is 33.5 Å². The van der Waals surface area contributed by atoms with E-state index in [-0.39, 0.29) is 44.7 Å². The molecule has 1 heterocycles. The summed E-state index contributed by atoms with van der Waals surface area (Å²) in [4.78, 5) is 26.5. The van der Waals surface area contributed by atoms with Crippen molar-refractivity contribution in [3.63, 3.8) is 0 Å². The van der Waals surface area contributed by atoms with E-state index in [1.54, 1.807) is 0 Å². The largest absolute Gasteiger partial charge is 0.455 e. The lowest BCUT2D eigenvalue weighted by molar-refractivity contribution is 0.0929. The molecule has 3 N–H and O–H groups in total. The average molecular weight is 616 g/mol. The van der Waals surface area contributed by atoms with E-state index in [4.69, 9.17) is 4.42 Å². The minimum Gasteiger partial charge on any atom is -0.455 e. The minimum absolute atomic E-state index is 0.0257. The Morgan fingerprint density at radius 2 is 1.57 bits per heavy atom. The fourth-order valence-corrected chi connectivity index (χ4v) is 5.90. The van der Waals surface area contributed by atoms with Gasteiger partial charge in [0.1, 0.15) is 23.0 Å². The van der Waals surface area contributed by atoms with Crippen LogP contribution in [0.1, 0.15) is 39.1 Å². The van der Waals surface area contributed by atoms with E-state index in [2.05, 4.69) is 15.4 Å². The highest BCUT2D eigenvalue weighted by Crippen LogP contribution is 2.46. The molecule has 0 spiro atoms. The zero-order valence-corrected chi connectivity index (χ0v) is 24.5. The number of anilines is 1. The SMILES string of the molecule is CNC(=O)c1c(-c2ccc(F)cc2)oc2cc(NS(C)(=O)=O)c(-c3cc(C(=O)NC4(c5ccccc5)CC4)ccc3F)cc12. The number of hydrogen-bond donors (Lipinski definition) is 3. The molecular formula is C33H27F2N3O5S. The van der Waals surface area contributed by atoms with E-state index < -0.39 is 39.0 Å². The van der Waals surface area contributed by atoms with Crippen LogP contribution in [0, 0.1) is 11.6 Å². The molecule has 5 aromatic rings. The normalized spacial score (nSPS) is 13.8. The summed E-state index contributed by atoms with van der Waals surface area (Å²) in [6, 6.07) is 21.5. The van der Waals surface area contributed by atoms with E-state index >= 15 is 4.39 Å². The Morgan fingerprint density at radius 3 is 2.20 bits per heavy atom. The van der Waals surface area contributed by atoms with Crippen LogP contribution in [-0.2, 0) is 15.6 Å². The summed E-state index contributed by atoms with van der Waals surface area (Å²) in [5.74, 6) is -2.03. The molecule has 0 unspecified atom stereocenters. The fourth-order valence-electron chi connectivity index (χ4n) is 5.34. The standard InChI is InChI=1S/C33H27F2N3O5S/c1-36-32(40)29-25-17-24(27(38-44(2,41)42)18-28(25)43-30(29)19-8-11-22(34)12-9-19)23-16-20(10-13-26(23)35)31(39)37-33(14-15-33)21-6-4-3-5-7-21/h3-13,16-18,38H,14-15H2,1-2H3,(H,36,40)(H,37,39). The average Bonchev–Trinajstić information content (AvgIpc) is 3.69. The number of nitrogens with one attached hydrogen (secondary N) is 3. The first-order chi connectivity index (χ1) is 21.0. The molecule has 0 aliphatic heterocycles. The van der Waals surface area contributed by atoms with Gasteiger partial charge in [0.2, 0.25) is 10.0 Å². The van der Waals surface area contributed by atoms with Crippen LogP contribution in [0.3, 0.4) is 0 Å². The molecular weight excluding hydrogens is 588 g/mol. The zero-order chi connectivity index (χ0) is 31.2. The Labute approximate surface area is 252 Å². The highest BCUT2D eigenvalue weighted by atomic mass is 32.2. The quantitative estimate of drug-likeness (QED) is 0.192. The molecule has 1 saturated carbocycles. The molecule has 1 fully saturated rings. The predicted octanol–water partition coefficient (Wildman–Crippen LogP) is 6.20. The smallest absolute Gasteiger partial charge is 0.255 e. The van der Waals surface area contributed by atoms with Crippen molar-refractivity contribution in [3.05, 3.63) is 113 Å². The van der Waals surface area contributed by atoms with Gasteiger partial charge in [-0.25, -0.2) is 17.2 Å². The zero-order valence-electron chi connectivity index (χ0n) is 23.7. The van der Waals surface area contributed by atoms with Gasteiger partial charge in [-0.1, -0.05) is 30.3 Å². The number of rotatable bonds is 8. The van der Waals surface area contributed by atoms with Gasteiger partial charge in [0.25, 0.3) is 11.8 Å². The number of halogens is 2. The number of benzene rings is 4. The van der Waals surface area contributed by atoms with Crippen LogP contribution in [0.15, 0.2) is 89.3 Å². The van der Waals surface area contributed by atoms with Crippen LogP contribution >= 0.6 is 0 Å². The molecule has 1 aliphatic rings. The van der Waals surface area contributed by atoms with Crippen molar-refractivity contribution in [3.8, 4) is 22.5 Å². The molecule has 11 heteroatoms. The van der Waals surface area contributed by atoms with E-state index in [1.165, 1.54) is 55.6 Å². The van der Waals surface area contributed by atoms with Gasteiger partial charge in [0, 0.05) is 40.8 Å². The molecule has 4 aromatic carbocycles. The molecule has 2 amide bonds. The Kier molecular flexibility index (Phi) is 7.21. The fraction of sp³-hybridized carbons (Fsp3) is 0.152. The first kappa shape index (κ1) is 29.1. The van der Waals surface area contributed by atoms with Crippen LogP contribution in [0.2, 0.25) is 0 Å². The summed E-state index contributed by atoms with van der Waals surface area (Å²) in [5.41, 5.74) is 1.24. The van der Waals surface area contributed by atoms with Gasteiger partial charge >= 0.3 is 0 Å². The molecule has 6 rings (SSSR count). The first-order valence-corrected chi connectivity index (χ1v) is 15.6. The third-order valence-electron chi connectivity index (χ3n) is 7.63. The van der Waals surface area contributed by atoms with Gasteiger partial charge in [0.05, 0.1) is 23.0 Å². The lowest BCUT2D eigenvalue weighted by Crippen LogP contribution is -2.34. The number of hydrogen-bond acceptors (Lipinski definition) is 5. The second kappa shape index (κ2) is 10.9. The minimum atomic E-state index is -3.86. The van der Waals surface area contributed by atoms with Crippen molar-refractivity contribution < 1.29 is 31.2 Å². The van der Waals surface area contributed by atoms with E-state index in [0.717, 1.165) is 30.7 Å². The summed E-state index contributed by atoms with van der Waals surface area (Å²) in [7, 11) is -2.43. The molecule has 1 aliphatic carbocycles. The number of carbonyl (C=O) groups is 2. The second-order valence-electron chi connectivity index (χ2n) is 10.8. The van der Waals surface area contributed by atoms with E-state index in [1.807, 2.05) is 30.3 Å². The van der Waals surface area contributed by atoms with E-state index in [9.17, 15) is 22.4 Å². The monoisotopic (exact) mass is 615 g/mol. The molecule has 8 nitrogen and oxygen atoms in total. The van der Waals surface area contributed by atoms with Gasteiger partial charge in [-0.3, -0.25) is 14.3 Å². The number of sulfonamides is 1. The van der Waals surface area contributed by atoms with Gasteiger partial charge in [-0.05, 0) is 66.9 Å². The van der Waals surface area contributed by atoms with E-state index in [0.29, 0.717) is 5.56 Å². The number of fused-ring (bicyclic) bond motifs is 1. The molecule has 0 bridgehead atoms. The topological polar surface area (TPSA) is 118 Å². The maximum atomic E-state index is 15.5. The lowest BCUT2D eigenvalue weighted by atomic mass is 9.96. The van der Waals surface area contributed by atoms with Crippen molar-refractivity contribution in [1.29, 1.82) is 0 Å². The predicted molar refractivity (Wildman–Crippen MR) is 164 cm³/mol. The van der Waals surface area contributed by atoms with Gasteiger partial charge in [-0.15, -0.1) is 0 Å². The van der Waals surface area contributed by atoms with Crippen LogP contribution in [0.5, 0.6) is 0 Å². The van der Waals surface area contributed by atoms with Gasteiger partial charge in [-0.2, -0.15) is 0 Å². The Balaban J connectivity index is 1.50.